The zero-order chi connectivity index (χ0) is 14.5. The molecule has 1 aliphatic carbocycles. The van der Waals surface area contributed by atoms with Gasteiger partial charge in [0.1, 0.15) is 17.8 Å². The molecule has 2 rings (SSSR count). The lowest BCUT2D eigenvalue weighted by Gasteiger charge is -2.36. The zero-order valence-corrected chi connectivity index (χ0v) is 11.0. The molecule has 1 N–H and O–H groups in total. The molecule has 1 saturated carbocycles. The lowest BCUT2D eigenvalue weighted by molar-refractivity contribution is -0.147. The molecular formula is C12H17F2NO4. The molecule has 7 heteroatoms. The van der Waals surface area contributed by atoms with E-state index in [1.165, 1.54) is 0 Å². The van der Waals surface area contributed by atoms with Gasteiger partial charge < -0.3 is 9.84 Å². The van der Waals surface area contributed by atoms with E-state index in [9.17, 15) is 18.4 Å². The zero-order valence-electron chi connectivity index (χ0n) is 11.0. The Balaban J connectivity index is 2.23. The number of ether oxygens (including phenoxy) is 1. The monoisotopic (exact) mass is 277 g/mol. The number of halogens is 2. The van der Waals surface area contributed by atoms with Gasteiger partial charge in [0.05, 0.1) is 6.04 Å². The highest BCUT2D eigenvalue weighted by Crippen LogP contribution is 2.46. The fraction of sp³-hybridized carbons (Fsp3) is 0.833. The van der Waals surface area contributed by atoms with Crippen molar-refractivity contribution < 1.29 is 28.2 Å². The van der Waals surface area contributed by atoms with E-state index in [-0.39, 0.29) is 6.42 Å². The molecule has 1 aliphatic heterocycles. The van der Waals surface area contributed by atoms with E-state index in [4.69, 9.17) is 9.84 Å². The Morgan fingerprint density at radius 2 is 1.84 bits per heavy atom. The predicted molar refractivity (Wildman–Crippen MR) is 61.2 cm³/mol. The number of aliphatic carboxylic acids is 1. The number of carboxylic acid groups (broad SMARTS) is 1. The van der Waals surface area contributed by atoms with Crippen LogP contribution in [-0.4, -0.2) is 52.1 Å². The molecule has 5 atom stereocenters. The van der Waals surface area contributed by atoms with Gasteiger partial charge in [-0.15, -0.1) is 0 Å². The van der Waals surface area contributed by atoms with Gasteiger partial charge in [-0.25, -0.2) is 18.4 Å². The quantitative estimate of drug-likeness (QED) is 0.793. The van der Waals surface area contributed by atoms with Crippen molar-refractivity contribution in [3.63, 3.8) is 0 Å². The number of rotatable bonds is 1. The first-order valence-electron chi connectivity index (χ1n) is 6.16. The van der Waals surface area contributed by atoms with Gasteiger partial charge >= 0.3 is 12.1 Å². The van der Waals surface area contributed by atoms with E-state index in [1.54, 1.807) is 20.8 Å². The highest BCUT2D eigenvalue weighted by atomic mass is 19.2. The van der Waals surface area contributed by atoms with Gasteiger partial charge in [0, 0.05) is 5.92 Å². The molecule has 1 saturated heterocycles. The summed E-state index contributed by atoms with van der Waals surface area (Å²) in [7, 11) is 0. The van der Waals surface area contributed by atoms with Crippen molar-refractivity contribution in [2.75, 3.05) is 0 Å². The number of fused-ring (bicyclic) bond motifs is 2. The van der Waals surface area contributed by atoms with Gasteiger partial charge in [-0.05, 0) is 27.2 Å². The molecule has 2 fully saturated rings. The summed E-state index contributed by atoms with van der Waals surface area (Å²) in [5, 5.41) is 9.12. The first-order chi connectivity index (χ1) is 8.63. The van der Waals surface area contributed by atoms with Crippen molar-refractivity contribution in [1.29, 1.82) is 0 Å². The molecule has 2 bridgehead atoms. The largest absolute Gasteiger partial charge is 0.480 e. The van der Waals surface area contributed by atoms with Crippen LogP contribution in [0.2, 0.25) is 0 Å². The second-order valence-corrected chi connectivity index (χ2v) is 6.03. The maximum absolute atomic E-state index is 13.7. The average molecular weight is 277 g/mol. The Kier molecular flexibility index (Phi) is 3.18. The van der Waals surface area contributed by atoms with E-state index in [2.05, 4.69) is 0 Å². The molecule has 1 amide bonds. The third-order valence-corrected chi connectivity index (χ3v) is 3.51. The predicted octanol–water partition coefficient (Wildman–Crippen LogP) is 1.75. The minimum Gasteiger partial charge on any atom is -0.480 e. The topological polar surface area (TPSA) is 66.8 Å². The summed E-state index contributed by atoms with van der Waals surface area (Å²) in [4.78, 5) is 24.0. The molecule has 0 aromatic rings. The van der Waals surface area contributed by atoms with Crippen molar-refractivity contribution in [1.82, 2.24) is 4.90 Å². The average Bonchev–Trinajstić information content (AvgIpc) is 2.74. The van der Waals surface area contributed by atoms with E-state index in [0.29, 0.717) is 0 Å². The Labute approximate surface area is 109 Å². The molecule has 0 spiro atoms. The number of carbonyl (C=O) groups is 2. The first-order valence-corrected chi connectivity index (χ1v) is 6.16. The lowest BCUT2D eigenvalue weighted by Crippen LogP contribution is -2.57. The maximum atomic E-state index is 13.7. The highest BCUT2D eigenvalue weighted by molar-refractivity contribution is 5.82. The number of piperidine rings is 1. The SMILES string of the molecule is CC(C)(C)OC(=O)N1[C@H](C(=O)O)[C@H]2C[C@H]1[C@@H](F)[C@H]2F. The van der Waals surface area contributed by atoms with Crippen LogP contribution in [-0.2, 0) is 9.53 Å². The summed E-state index contributed by atoms with van der Waals surface area (Å²) in [5.41, 5.74) is -0.817. The van der Waals surface area contributed by atoms with Crippen molar-refractivity contribution in [3.8, 4) is 0 Å². The minimum atomic E-state index is -1.84. The van der Waals surface area contributed by atoms with Crippen LogP contribution in [0.15, 0.2) is 0 Å². The number of likely N-dealkylation sites (tertiary alicyclic amines) is 1. The maximum Gasteiger partial charge on any atom is 0.411 e. The Hall–Kier alpha value is -1.40. The Morgan fingerprint density at radius 1 is 1.26 bits per heavy atom. The summed E-state index contributed by atoms with van der Waals surface area (Å²) in [6.45, 7) is 4.87. The number of hydrogen-bond donors (Lipinski definition) is 1. The van der Waals surface area contributed by atoms with Crippen molar-refractivity contribution >= 4 is 12.1 Å². The highest BCUT2D eigenvalue weighted by Gasteiger charge is 2.63. The molecular weight excluding hydrogens is 260 g/mol. The summed E-state index contributed by atoms with van der Waals surface area (Å²) < 4.78 is 32.3. The van der Waals surface area contributed by atoms with E-state index in [0.717, 1.165) is 4.90 Å². The van der Waals surface area contributed by atoms with Gasteiger partial charge in [0.2, 0.25) is 0 Å². The number of nitrogens with zero attached hydrogens (tertiary/aromatic N) is 1. The first kappa shape index (κ1) is 14.0. The number of carboxylic acids is 1. The fourth-order valence-electron chi connectivity index (χ4n) is 2.84. The minimum absolute atomic E-state index is 0.0263. The lowest BCUT2D eigenvalue weighted by atomic mass is 9.96. The van der Waals surface area contributed by atoms with Crippen molar-refractivity contribution in [2.24, 2.45) is 5.92 Å². The van der Waals surface area contributed by atoms with Gasteiger partial charge in [-0.1, -0.05) is 0 Å². The third-order valence-electron chi connectivity index (χ3n) is 3.51. The van der Waals surface area contributed by atoms with Crippen molar-refractivity contribution in [3.05, 3.63) is 0 Å². The summed E-state index contributed by atoms with van der Waals surface area (Å²) >= 11 is 0. The summed E-state index contributed by atoms with van der Waals surface area (Å²) in [6, 6.07) is -2.39. The Bertz CT molecular complexity index is 409. The van der Waals surface area contributed by atoms with E-state index < -0.39 is 48.0 Å². The van der Waals surface area contributed by atoms with E-state index in [1.807, 2.05) is 0 Å². The third kappa shape index (κ3) is 2.26. The number of hydrogen-bond acceptors (Lipinski definition) is 3. The smallest absolute Gasteiger partial charge is 0.411 e. The van der Waals surface area contributed by atoms with Crippen LogP contribution in [0, 0.1) is 5.92 Å². The van der Waals surface area contributed by atoms with Crippen molar-refractivity contribution in [2.45, 2.75) is 57.2 Å². The normalized spacial score (nSPS) is 37.5. The molecule has 0 aromatic heterocycles. The second kappa shape index (κ2) is 4.31. The van der Waals surface area contributed by atoms with Gasteiger partial charge in [-0.3, -0.25) is 4.90 Å². The molecule has 0 radical (unpaired) electrons. The van der Waals surface area contributed by atoms with Crippen LogP contribution in [0.4, 0.5) is 13.6 Å². The van der Waals surface area contributed by atoms with Crippen LogP contribution >= 0.6 is 0 Å². The Morgan fingerprint density at radius 3 is 2.32 bits per heavy atom. The number of amides is 1. The summed E-state index contributed by atoms with van der Waals surface area (Å²) in [5.74, 6) is -2.32. The molecule has 5 nitrogen and oxygen atoms in total. The van der Waals surface area contributed by atoms with Crippen LogP contribution in [0.25, 0.3) is 0 Å². The van der Waals surface area contributed by atoms with E-state index >= 15 is 0 Å². The number of carbonyl (C=O) groups excluding carboxylic acids is 1. The molecule has 2 aliphatic rings. The van der Waals surface area contributed by atoms with Crippen LogP contribution in [0.1, 0.15) is 27.2 Å². The van der Waals surface area contributed by atoms with Crippen LogP contribution in [0.3, 0.4) is 0 Å². The number of alkyl halides is 2. The van der Waals surface area contributed by atoms with Crippen LogP contribution < -0.4 is 0 Å². The summed E-state index contributed by atoms with van der Waals surface area (Å²) in [6.07, 6.45) is -4.54. The molecule has 1 heterocycles. The van der Waals surface area contributed by atoms with Crippen LogP contribution in [0.5, 0.6) is 0 Å². The molecule has 0 unspecified atom stereocenters. The van der Waals surface area contributed by atoms with Gasteiger partial charge in [-0.2, -0.15) is 0 Å². The van der Waals surface area contributed by atoms with Gasteiger partial charge in [0.15, 0.2) is 6.17 Å². The molecule has 19 heavy (non-hydrogen) atoms. The second-order valence-electron chi connectivity index (χ2n) is 6.03. The van der Waals surface area contributed by atoms with Gasteiger partial charge in [0.25, 0.3) is 0 Å². The molecule has 108 valence electrons. The fourth-order valence-corrected chi connectivity index (χ4v) is 2.84. The molecule has 0 aromatic carbocycles. The standard InChI is InChI=1S/C12H17F2NO4/c1-12(2,3)19-11(18)15-6-4-5(7(13)8(6)14)9(15)10(16)17/h5-9H,4H2,1-3H3,(H,16,17)/t5-,6-,7-,8+,9-/m0/s1.